The molecule has 0 aliphatic heterocycles. The van der Waals surface area contributed by atoms with E-state index in [1.807, 2.05) is 24.3 Å². The minimum atomic E-state index is -3.91. The van der Waals surface area contributed by atoms with Crippen LogP contribution in [0.15, 0.2) is 47.4 Å². The van der Waals surface area contributed by atoms with Crippen molar-refractivity contribution < 1.29 is 22.7 Å². The number of sulfonamides is 1. The van der Waals surface area contributed by atoms with Crippen LogP contribution in [-0.2, 0) is 21.2 Å². The number of nitrogens with one attached hydrogen (secondary N) is 2. The molecular formula is C20H25ClN2O5S. The van der Waals surface area contributed by atoms with Crippen LogP contribution in [0.1, 0.15) is 19.4 Å². The third kappa shape index (κ3) is 6.62. The number of halogens is 1. The molecule has 0 spiro atoms. The lowest BCUT2D eigenvalue weighted by atomic mass is 10.1. The van der Waals surface area contributed by atoms with E-state index in [0.717, 1.165) is 11.3 Å². The fraction of sp³-hybridized carbons (Fsp3) is 0.350. The second-order valence-corrected chi connectivity index (χ2v) is 8.38. The van der Waals surface area contributed by atoms with Gasteiger partial charge in [-0.25, -0.2) is 8.42 Å². The fourth-order valence-corrected chi connectivity index (χ4v) is 4.08. The molecule has 0 aromatic heterocycles. The maximum atomic E-state index is 12.5. The SMILES string of the molecule is CCOc1ccc(S(=O)(=O)N[C@@H](C)C(=O)NCCc2ccc(OC)cc2)cc1Cl. The molecule has 158 valence electrons. The third-order valence-electron chi connectivity index (χ3n) is 4.11. The molecule has 2 rings (SSSR count). The zero-order valence-electron chi connectivity index (χ0n) is 16.6. The van der Waals surface area contributed by atoms with Gasteiger partial charge in [-0.1, -0.05) is 23.7 Å². The summed E-state index contributed by atoms with van der Waals surface area (Å²) < 4.78 is 37.8. The number of carbonyl (C=O) groups is 1. The van der Waals surface area contributed by atoms with E-state index in [1.54, 1.807) is 14.0 Å². The molecule has 0 saturated carbocycles. The van der Waals surface area contributed by atoms with Crippen LogP contribution in [0.4, 0.5) is 0 Å². The Morgan fingerprint density at radius 3 is 2.45 bits per heavy atom. The predicted molar refractivity (Wildman–Crippen MR) is 112 cm³/mol. The number of carbonyl (C=O) groups excluding carboxylic acids is 1. The first-order valence-electron chi connectivity index (χ1n) is 9.12. The Balaban J connectivity index is 1.90. The number of methoxy groups -OCH3 is 1. The van der Waals surface area contributed by atoms with Crippen LogP contribution in [0.25, 0.3) is 0 Å². The van der Waals surface area contributed by atoms with E-state index in [0.29, 0.717) is 25.3 Å². The van der Waals surface area contributed by atoms with Crippen molar-refractivity contribution in [1.82, 2.24) is 10.0 Å². The quantitative estimate of drug-likeness (QED) is 0.592. The summed E-state index contributed by atoms with van der Waals surface area (Å²) in [6.07, 6.45) is 0.615. The molecule has 0 saturated heterocycles. The topological polar surface area (TPSA) is 93.7 Å². The van der Waals surface area contributed by atoms with Crippen molar-refractivity contribution in [3.05, 3.63) is 53.1 Å². The molecule has 0 aliphatic carbocycles. The van der Waals surface area contributed by atoms with Crippen molar-refractivity contribution in [3.8, 4) is 11.5 Å². The Hall–Kier alpha value is -2.29. The van der Waals surface area contributed by atoms with Gasteiger partial charge in [-0.2, -0.15) is 4.72 Å². The molecule has 0 radical (unpaired) electrons. The maximum Gasteiger partial charge on any atom is 0.241 e. The van der Waals surface area contributed by atoms with Crippen molar-refractivity contribution in [2.24, 2.45) is 0 Å². The molecule has 0 fully saturated rings. The Kier molecular flexibility index (Phi) is 8.31. The Bertz CT molecular complexity index is 932. The van der Waals surface area contributed by atoms with Gasteiger partial charge >= 0.3 is 0 Å². The van der Waals surface area contributed by atoms with E-state index in [9.17, 15) is 13.2 Å². The Morgan fingerprint density at radius 2 is 1.86 bits per heavy atom. The summed E-state index contributed by atoms with van der Waals surface area (Å²) in [5, 5.41) is 2.91. The van der Waals surface area contributed by atoms with Gasteiger partial charge in [0.1, 0.15) is 11.5 Å². The van der Waals surface area contributed by atoms with Gasteiger partial charge in [0.15, 0.2) is 0 Å². The number of hydrogen-bond acceptors (Lipinski definition) is 5. The van der Waals surface area contributed by atoms with Gasteiger partial charge in [0, 0.05) is 6.54 Å². The van der Waals surface area contributed by atoms with Gasteiger partial charge in [0.25, 0.3) is 0 Å². The first-order chi connectivity index (χ1) is 13.8. The highest BCUT2D eigenvalue weighted by Gasteiger charge is 2.22. The number of rotatable bonds is 10. The first kappa shape index (κ1) is 23.0. The van der Waals surface area contributed by atoms with E-state index in [2.05, 4.69) is 10.0 Å². The summed E-state index contributed by atoms with van der Waals surface area (Å²) >= 11 is 6.05. The molecule has 1 atom stereocenters. The van der Waals surface area contributed by atoms with Crippen molar-refractivity contribution in [2.75, 3.05) is 20.3 Å². The summed E-state index contributed by atoms with van der Waals surface area (Å²) in [5.74, 6) is 0.742. The number of amides is 1. The number of hydrogen-bond donors (Lipinski definition) is 2. The fourth-order valence-electron chi connectivity index (χ4n) is 2.55. The van der Waals surface area contributed by atoms with E-state index in [-0.39, 0.29) is 9.92 Å². The van der Waals surface area contributed by atoms with Crippen molar-refractivity contribution in [3.63, 3.8) is 0 Å². The Morgan fingerprint density at radius 1 is 1.17 bits per heavy atom. The normalized spacial score (nSPS) is 12.3. The summed E-state index contributed by atoms with van der Waals surface area (Å²) in [4.78, 5) is 12.2. The molecule has 9 heteroatoms. The van der Waals surface area contributed by atoms with Gasteiger partial charge in [-0.05, 0) is 56.2 Å². The van der Waals surface area contributed by atoms with Crippen LogP contribution < -0.4 is 19.5 Å². The molecule has 2 aromatic rings. The minimum Gasteiger partial charge on any atom is -0.497 e. The highest BCUT2D eigenvalue weighted by Crippen LogP contribution is 2.27. The zero-order chi connectivity index (χ0) is 21.4. The first-order valence-corrected chi connectivity index (χ1v) is 11.0. The third-order valence-corrected chi connectivity index (χ3v) is 5.94. The van der Waals surface area contributed by atoms with Crippen molar-refractivity contribution >= 4 is 27.5 Å². The van der Waals surface area contributed by atoms with Gasteiger partial charge in [0.2, 0.25) is 15.9 Å². The number of ether oxygens (including phenoxy) is 2. The largest absolute Gasteiger partial charge is 0.497 e. The number of benzene rings is 2. The van der Waals surface area contributed by atoms with Crippen molar-refractivity contribution in [1.29, 1.82) is 0 Å². The predicted octanol–water partition coefficient (Wildman–Crippen LogP) is 2.77. The van der Waals surface area contributed by atoms with E-state index < -0.39 is 22.0 Å². The van der Waals surface area contributed by atoms with Gasteiger partial charge < -0.3 is 14.8 Å². The molecule has 0 unspecified atom stereocenters. The molecule has 2 aromatic carbocycles. The van der Waals surface area contributed by atoms with E-state index in [4.69, 9.17) is 21.1 Å². The standard InChI is InChI=1S/C20H25ClN2O5S/c1-4-28-19-10-9-17(13-18(19)21)29(25,26)23-14(2)20(24)22-12-11-15-5-7-16(27-3)8-6-15/h5-10,13-14,23H,4,11-12H2,1-3H3,(H,22,24)/t14-/m0/s1. The highest BCUT2D eigenvalue weighted by atomic mass is 35.5. The monoisotopic (exact) mass is 440 g/mol. The van der Waals surface area contributed by atoms with Crippen LogP contribution >= 0.6 is 11.6 Å². The van der Waals surface area contributed by atoms with Crippen molar-refractivity contribution in [2.45, 2.75) is 31.2 Å². The van der Waals surface area contributed by atoms with Crippen LogP contribution in [0.3, 0.4) is 0 Å². The summed E-state index contributed by atoms with van der Waals surface area (Å²) in [5.41, 5.74) is 1.03. The second kappa shape index (κ2) is 10.5. The molecular weight excluding hydrogens is 416 g/mol. The molecule has 7 nitrogen and oxygen atoms in total. The van der Waals surface area contributed by atoms with Crippen LogP contribution in [-0.4, -0.2) is 40.6 Å². The molecule has 2 N–H and O–H groups in total. The summed E-state index contributed by atoms with van der Waals surface area (Å²) in [7, 11) is -2.31. The van der Waals surface area contributed by atoms with Gasteiger partial charge in [-0.15, -0.1) is 0 Å². The lowest BCUT2D eigenvalue weighted by Gasteiger charge is -2.15. The minimum absolute atomic E-state index is 0.0381. The molecule has 0 heterocycles. The molecule has 1 amide bonds. The lowest BCUT2D eigenvalue weighted by molar-refractivity contribution is -0.122. The highest BCUT2D eigenvalue weighted by molar-refractivity contribution is 7.89. The van der Waals surface area contributed by atoms with Crippen LogP contribution in [0.2, 0.25) is 5.02 Å². The molecule has 0 aliphatic rings. The summed E-state index contributed by atoms with van der Waals surface area (Å²) in [6.45, 7) is 4.08. The van der Waals surface area contributed by atoms with Crippen LogP contribution in [0, 0.1) is 0 Å². The smallest absolute Gasteiger partial charge is 0.241 e. The lowest BCUT2D eigenvalue weighted by Crippen LogP contribution is -2.45. The maximum absolute atomic E-state index is 12.5. The van der Waals surface area contributed by atoms with Gasteiger partial charge in [0.05, 0.1) is 29.7 Å². The summed E-state index contributed by atoms with van der Waals surface area (Å²) in [6, 6.07) is 10.7. The van der Waals surface area contributed by atoms with Crippen LogP contribution in [0.5, 0.6) is 11.5 Å². The molecule has 29 heavy (non-hydrogen) atoms. The molecule has 0 bridgehead atoms. The van der Waals surface area contributed by atoms with E-state index in [1.165, 1.54) is 25.1 Å². The van der Waals surface area contributed by atoms with E-state index >= 15 is 0 Å². The average Bonchev–Trinajstić information content (AvgIpc) is 2.69. The average molecular weight is 441 g/mol. The zero-order valence-corrected chi connectivity index (χ0v) is 18.1. The van der Waals surface area contributed by atoms with Gasteiger partial charge in [-0.3, -0.25) is 4.79 Å². The second-order valence-electron chi connectivity index (χ2n) is 6.26. The Labute approximate surface area is 176 Å².